The SMILES string of the molecule is CC(CS(C)(=O)=O)NC(=O)c1ccc(Br)c(S(=O)(=O)Cl)c1. The Morgan fingerprint density at radius 2 is 1.90 bits per heavy atom. The Morgan fingerprint density at radius 3 is 2.38 bits per heavy atom. The molecule has 1 aromatic carbocycles. The Bertz CT molecular complexity index is 761. The first-order valence-electron chi connectivity index (χ1n) is 5.63. The topological polar surface area (TPSA) is 97.4 Å². The van der Waals surface area contributed by atoms with E-state index in [2.05, 4.69) is 21.2 Å². The highest BCUT2D eigenvalue weighted by Crippen LogP contribution is 2.26. The molecule has 0 radical (unpaired) electrons. The van der Waals surface area contributed by atoms with Crippen molar-refractivity contribution in [2.45, 2.75) is 17.9 Å². The number of carbonyl (C=O) groups is 1. The molecule has 0 saturated carbocycles. The summed E-state index contributed by atoms with van der Waals surface area (Å²) in [7, 11) is -1.96. The van der Waals surface area contributed by atoms with Crippen molar-refractivity contribution in [3.63, 3.8) is 0 Å². The highest BCUT2D eigenvalue weighted by molar-refractivity contribution is 9.10. The van der Waals surface area contributed by atoms with Crippen LogP contribution in [0.25, 0.3) is 0 Å². The molecule has 0 aliphatic rings. The molecule has 1 N–H and O–H groups in total. The zero-order valence-electron chi connectivity index (χ0n) is 11.1. The van der Waals surface area contributed by atoms with Crippen molar-refractivity contribution in [3.05, 3.63) is 28.2 Å². The number of carbonyl (C=O) groups excluding carboxylic acids is 1. The molecule has 21 heavy (non-hydrogen) atoms. The molecule has 0 aliphatic heterocycles. The molecule has 10 heteroatoms. The number of amides is 1. The summed E-state index contributed by atoms with van der Waals surface area (Å²) >= 11 is 3.03. The lowest BCUT2D eigenvalue weighted by Gasteiger charge is -2.13. The minimum Gasteiger partial charge on any atom is -0.349 e. The fraction of sp³-hybridized carbons (Fsp3) is 0.364. The van der Waals surface area contributed by atoms with Crippen molar-refractivity contribution >= 4 is 51.4 Å². The summed E-state index contributed by atoms with van der Waals surface area (Å²) in [6.45, 7) is 1.54. The Balaban J connectivity index is 2.99. The maximum atomic E-state index is 12.0. The quantitative estimate of drug-likeness (QED) is 0.732. The lowest BCUT2D eigenvalue weighted by atomic mass is 10.2. The third-order valence-corrected chi connectivity index (χ3v) is 5.81. The van der Waals surface area contributed by atoms with Gasteiger partial charge in [0.15, 0.2) is 0 Å². The van der Waals surface area contributed by atoms with E-state index in [0.717, 1.165) is 12.3 Å². The summed E-state index contributed by atoms with van der Waals surface area (Å²) in [6.07, 6.45) is 1.06. The van der Waals surface area contributed by atoms with E-state index in [0.29, 0.717) is 0 Å². The highest BCUT2D eigenvalue weighted by atomic mass is 79.9. The van der Waals surface area contributed by atoms with E-state index < -0.39 is 30.8 Å². The zero-order valence-corrected chi connectivity index (χ0v) is 15.1. The lowest BCUT2D eigenvalue weighted by Crippen LogP contribution is -2.37. The Morgan fingerprint density at radius 1 is 1.33 bits per heavy atom. The predicted octanol–water partition coefficient (Wildman–Crippen LogP) is 1.54. The van der Waals surface area contributed by atoms with Crippen LogP contribution < -0.4 is 5.32 Å². The van der Waals surface area contributed by atoms with Crippen LogP contribution in [0, 0.1) is 0 Å². The molecule has 118 valence electrons. The first-order valence-corrected chi connectivity index (χ1v) is 10.8. The van der Waals surface area contributed by atoms with E-state index in [1.807, 2.05) is 0 Å². The number of rotatable bonds is 5. The van der Waals surface area contributed by atoms with Crippen LogP contribution >= 0.6 is 26.6 Å². The Hall–Kier alpha value is -0.640. The van der Waals surface area contributed by atoms with Crippen LogP contribution in [0.4, 0.5) is 0 Å². The van der Waals surface area contributed by atoms with Crippen LogP contribution in [0.15, 0.2) is 27.6 Å². The molecular weight excluding hydrogens is 406 g/mol. The van der Waals surface area contributed by atoms with Gasteiger partial charge in [-0.15, -0.1) is 0 Å². The van der Waals surface area contributed by atoms with E-state index in [4.69, 9.17) is 10.7 Å². The third-order valence-electron chi connectivity index (χ3n) is 2.39. The van der Waals surface area contributed by atoms with Crippen LogP contribution in [0.3, 0.4) is 0 Å². The highest BCUT2D eigenvalue weighted by Gasteiger charge is 2.19. The molecule has 0 spiro atoms. The largest absolute Gasteiger partial charge is 0.349 e. The normalized spacial score (nSPS) is 13.7. The van der Waals surface area contributed by atoms with Gasteiger partial charge >= 0.3 is 0 Å². The van der Waals surface area contributed by atoms with Crippen LogP contribution in [-0.2, 0) is 18.9 Å². The molecule has 0 aromatic heterocycles. The van der Waals surface area contributed by atoms with Crippen LogP contribution in [0.5, 0.6) is 0 Å². The fourth-order valence-electron chi connectivity index (χ4n) is 1.63. The van der Waals surface area contributed by atoms with E-state index in [9.17, 15) is 21.6 Å². The molecule has 0 heterocycles. The van der Waals surface area contributed by atoms with E-state index in [1.165, 1.54) is 19.1 Å². The van der Waals surface area contributed by atoms with Gasteiger partial charge in [0.25, 0.3) is 15.0 Å². The summed E-state index contributed by atoms with van der Waals surface area (Å²) in [5.41, 5.74) is 0.0674. The van der Waals surface area contributed by atoms with Crippen molar-refractivity contribution in [1.29, 1.82) is 0 Å². The molecule has 1 aromatic rings. The van der Waals surface area contributed by atoms with E-state index in [-0.39, 0.29) is 20.7 Å². The molecule has 0 bridgehead atoms. The third kappa shape index (κ3) is 5.93. The van der Waals surface area contributed by atoms with Crippen molar-refractivity contribution in [2.24, 2.45) is 0 Å². The molecule has 0 saturated heterocycles. The summed E-state index contributed by atoms with van der Waals surface area (Å²) in [5.74, 6) is -0.796. The van der Waals surface area contributed by atoms with Crippen LogP contribution in [0.1, 0.15) is 17.3 Å². The Kier molecular flexibility index (Phi) is 5.82. The molecule has 1 rings (SSSR count). The number of hydrogen-bond donors (Lipinski definition) is 1. The first-order chi connectivity index (χ1) is 9.40. The van der Waals surface area contributed by atoms with Crippen molar-refractivity contribution in [1.82, 2.24) is 5.32 Å². The van der Waals surface area contributed by atoms with Gasteiger partial charge in [-0.25, -0.2) is 16.8 Å². The summed E-state index contributed by atoms with van der Waals surface area (Å²) in [5, 5.41) is 2.48. The van der Waals surface area contributed by atoms with Crippen molar-refractivity contribution in [3.8, 4) is 0 Å². The van der Waals surface area contributed by atoms with Gasteiger partial charge < -0.3 is 5.32 Å². The van der Waals surface area contributed by atoms with Crippen molar-refractivity contribution in [2.75, 3.05) is 12.0 Å². The molecule has 6 nitrogen and oxygen atoms in total. The van der Waals surface area contributed by atoms with E-state index in [1.54, 1.807) is 0 Å². The number of benzene rings is 1. The minimum absolute atomic E-state index is 0.0674. The van der Waals surface area contributed by atoms with Gasteiger partial charge in [0, 0.05) is 33.0 Å². The molecule has 0 fully saturated rings. The van der Waals surface area contributed by atoms with Crippen LogP contribution in [-0.4, -0.2) is 40.8 Å². The second-order valence-electron chi connectivity index (χ2n) is 4.55. The van der Waals surface area contributed by atoms with Gasteiger partial charge in [0.1, 0.15) is 9.84 Å². The second-order valence-corrected chi connectivity index (χ2v) is 10.1. The predicted molar refractivity (Wildman–Crippen MR) is 83.8 cm³/mol. The van der Waals surface area contributed by atoms with Gasteiger partial charge in [0.2, 0.25) is 0 Å². The maximum absolute atomic E-state index is 12.0. The van der Waals surface area contributed by atoms with Gasteiger partial charge in [-0.3, -0.25) is 4.79 Å². The van der Waals surface area contributed by atoms with Gasteiger partial charge in [-0.05, 0) is 41.1 Å². The maximum Gasteiger partial charge on any atom is 0.262 e. The van der Waals surface area contributed by atoms with Gasteiger partial charge in [-0.2, -0.15) is 0 Å². The molecule has 1 atom stereocenters. The number of sulfone groups is 1. The number of hydrogen-bond acceptors (Lipinski definition) is 5. The smallest absolute Gasteiger partial charge is 0.262 e. The van der Waals surface area contributed by atoms with Crippen molar-refractivity contribution < 1.29 is 21.6 Å². The summed E-state index contributed by atoms with van der Waals surface area (Å²) < 4.78 is 45.2. The monoisotopic (exact) mass is 417 g/mol. The Labute approximate surface area is 136 Å². The minimum atomic E-state index is -4.00. The molecule has 1 amide bonds. The molecular formula is C11H13BrClNO5S2. The van der Waals surface area contributed by atoms with Crippen LogP contribution in [0.2, 0.25) is 0 Å². The lowest BCUT2D eigenvalue weighted by molar-refractivity contribution is 0.0943. The fourth-order valence-corrected chi connectivity index (χ4v) is 4.74. The average molecular weight is 419 g/mol. The first kappa shape index (κ1) is 18.4. The zero-order chi connectivity index (χ0) is 16.4. The van der Waals surface area contributed by atoms with Gasteiger partial charge in [-0.1, -0.05) is 0 Å². The molecule has 1 unspecified atom stereocenters. The van der Waals surface area contributed by atoms with Gasteiger partial charge in [0.05, 0.1) is 10.6 Å². The average Bonchev–Trinajstić information content (AvgIpc) is 2.24. The summed E-state index contributed by atoms with van der Waals surface area (Å²) in [4.78, 5) is 11.7. The second kappa shape index (κ2) is 6.64. The number of halogens is 2. The number of nitrogens with one attached hydrogen (secondary N) is 1. The summed E-state index contributed by atoms with van der Waals surface area (Å²) in [6, 6.07) is 3.30. The molecule has 0 aliphatic carbocycles. The standard InChI is InChI=1S/C11H13BrClNO5S2/c1-7(6-20(2,16)17)14-11(15)8-3-4-9(12)10(5-8)21(13,18)19/h3-5,7H,6H2,1-2H3,(H,14,15). The van der Waals surface area contributed by atoms with E-state index >= 15 is 0 Å².